The van der Waals surface area contributed by atoms with Crippen molar-refractivity contribution in [2.45, 2.75) is 71.6 Å². The van der Waals surface area contributed by atoms with E-state index >= 15 is 0 Å². The van der Waals surface area contributed by atoms with Crippen LogP contribution in [0, 0.1) is 0 Å². The van der Waals surface area contributed by atoms with Crippen LogP contribution in [0.4, 0.5) is 17.1 Å². The van der Waals surface area contributed by atoms with Crippen molar-refractivity contribution in [2.24, 2.45) is 0 Å². The van der Waals surface area contributed by atoms with Crippen molar-refractivity contribution in [3.63, 3.8) is 0 Å². The van der Waals surface area contributed by atoms with Gasteiger partial charge in [-0.3, -0.25) is 0 Å². The third kappa shape index (κ3) is 8.22. The van der Waals surface area contributed by atoms with E-state index in [1.165, 1.54) is 63.8 Å². The summed E-state index contributed by atoms with van der Waals surface area (Å²) in [7, 11) is 0. The molecular formula is C47H51BrN2. The zero-order valence-corrected chi connectivity index (χ0v) is 32.0. The zero-order chi connectivity index (χ0) is 35.7. The number of anilines is 3. The average Bonchev–Trinajstić information content (AvgIpc) is 3.49. The third-order valence-electron chi connectivity index (χ3n) is 9.70. The van der Waals surface area contributed by atoms with E-state index in [-0.39, 0.29) is 10.8 Å². The van der Waals surface area contributed by atoms with Gasteiger partial charge in [-0.2, -0.15) is 0 Å². The van der Waals surface area contributed by atoms with Crippen LogP contribution in [0.25, 0.3) is 22.3 Å². The molecule has 0 atom stereocenters. The van der Waals surface area contributed by atoms with Gasteiger partial charge >= 0.3 is 0 Å². The molecule has 2 nitrogen and oxygen atoms in total. The molecule has 0 heterocycles. The normalized spacial score (nSPS) is 13.3. The molecule has 256 valence electrons. The van der Waals surface area contributed by atoms with Crippen molar-refractivity contribution >= 4 is 33.0 Å². The smallest absolute Gasteiger partial charge is 0.0387 e. The summed E-state index contributed by atoms with van der Waals surface area (Å²) in [5.74, 6) is 0. The Kier molecular flexibility index (Phi) is 12.0. The number of hydrogen-bond acceptors (Lipinski definition) is 2. The van der Waals surface area contributed by atoms with E-state index in [9.17, 15) is 0 Å². The Morgan fingerprint density at radius 2 is 0.920 bits per heavy atom. The van der Waals surface area contributed by atoms with Crippen molar-refractivity contribution in [3.8, 4) is 22.3 Å². The van der Waals surface area contributed by atoms with Gasteiger partial charge < -0.3 is 11.1 Å². The van der Waals surface area contributed by atoms with Gasteiger partial charge in [-0.1, -0.05) is 174 Å². The number of fused-ring (bicyclic) bond motifs is 6. The maximum atomic E-state index is 5.36. The van der Waals surface area contributed by atoms with Crippen molar-refractivity contribution in [2.75, 3.05) is 11.1 Å². The molecule has 0 radical (unpaired) electrons. The molecule has 0 saturated carbocycles. The summed E-state index contributed by atoms with van der Waals surface area (Å²) in [6.07, 6.45) is 4.08. The first-order valence-electron chi connectivity index (χ1n) is 17.8. The summed E-state index contributed by atoms with van der Waals surface area (Å²) in [5.41, 5.74) is 19.8. The van der Waals surface area contributed by atoms with Crippen molar-refractivity contribution in [1.82, 2.24) is 0 Å². The van der Waals surface area contributed by atoms with Gasteiger partial charge in [-0.25, -0.2) is 0 Å². The standard InChI is InChI=1S/C21H19N.C15H13Br.C6H7N.C5H12/c1-21(2)19-11-7-6-10-17(19)18-13-12-16(14-20(18)21)22-15-8-4-3-5-9-15;1-15(2)13-6-4-3-5-11(13)12-8-7-10(16)9-14(12)15;7-6-4-2-1-3-5-6;1-3-5-4-2/h3-14,22H,1-2H3;3-9H,1-2H3;1-5H,7H2;3-5H2,1-2H3. The largest absolute Gasteiger partial charge is 0.399 e. The quantitative estimate of drug-likeness (QED) is 0.178. The molecule has 0 aliphatic heterocycles. The Bertz CT molecular complexity index is 1990. The number of nitrogens with one attached hydrogen (secondary N) is 1. The number of nitrogen functional groups attached to an aromatic ring is 1. The molecule has 0 unspecified atom stereocenters. The predicted molar refractivity (Wildman–Crippen MR) is 221 cm³/mol. The summed E-state index contributed by atoms with van der Waals surface area (Å²) >= 11 is 3.56. The van der Waals surface area contributed by atoms with E-state index in [0.717, 1.165) is 21.5 Å². The molecule has 2 aliphatic carbocycles. The molecular weight excluding hydrogens is 672 g/mol. The number of nitrogens with two attached hydrogens (primary N) is 1. The van der Waals surface area contributed by atoms with Crippen LogP contribution >= 0.6 is 15.9 Å². The van der Waals surface area contributed by atoms with E-state index in [0.29, 0.717) is 0 Å². The second kappa shape index (κ2) is 16.4. The van der Waals surface area contributed by atoms with Crippen molar-refractivity contribution in [1.29, 1.82) is 0 Å². The first-order valence-corrected chi connectivity index (χ1v) is 18.6. The molecule has 0 aromatic heterocycles. The summed E-state index contributed by atoms with van der Waals surface area (Å²) < 4.78 is 1.16. The number of unbranched alkanes of at least 4 members (excludes halogenated alkanes) is 2. The van der Waals surface area contributed by atoms with Gasteiger partial charge in [0.1, 0.15) is 0 Å². The SMILES string of the molecule is CC1(C)c2ccccc2-c2ccc(Br)cc21.CC1(C)c2ccccc2-c2ccc(Nc3ccccc3)cc21.CCCCC.Nc1ccccc1. The topological polar surface area (TPSA) is 38.0 Å². The van der Waals surface area contributed by atoms with Gasteiger partial charge in [0.05, 0.1) is 0 Å². The van der Waals surface area contributed by atoms with Crippen LogP contribution in [0.3, 0.4) is 0 Å². The second-order valence-corrected chi connectivity index (χ2v) is 15.0. The van der Waals surface area contributed by atoms with E-state index in [4.69, 9.17) is 5.73 Å². The number of hydrogen-bond donors (Lipinski definition) is 2. The molecule has 3 heteroatoms. The van der Waals surface area contributed by atoms with Gasteiger partial charge in [0, 0.05) is 32.4 Å². The highest BCUT2D eigenvalue weighted by molar-refractivity contribution is 9.10. The minimum absolute atomic E-state index is 0.0559. The minimum Gasteiger partial charge on any atom is -0.399 e. The van der Waals surface area contributed by atoms with Crippen LogP contribution in [0.5, 0.6) is 0 Å². The molecule has 0 amide bonds. The third-order valence-corrected chi connectivity index (χ3v) is 10.2. The molecule has 2 aliphatic rings. The molecule has 0 saturated heterocycles. The number of halogens is 1. The highest BCUT2D eigenvalue weighted by atomic mass is 79.9. The lowest BCUT2D eigenvalue weighted by Gasteiger charge is -2.22. The van der Waals surface area contributed by atoms with Gasteiger partial charge in [-0.05, 0) is 93.0 Å². The Labute approximate surface area is 308 Å². The zero-order valence-electron chi connectivity index (χ0n) is 30.4. The maximum absolute atomic E-state index is 5.36. The predicted octanol–water partition coefficient (Wildman–Crippen LogP) is 14.0. The van der Waals surface area contributed by atoms with Crippen LogP contribution in [0.2, 0.25) is 0 Å². The van der Waals surface area contributed by atoms with Crippen molar-refractivity contribution < 1.29 is 0 Å². The number of benzene rings is 6. The summed E-state index contributed by atoms with van der Waals surface area (Å²) in [6, 6.07) is 50.5. The highest BCUT2D eigenvalue weighted by Crippen LogP contribution is 2.50. The number of rotatable bonds is 4. The molecule has 50 heavy (non-hydrogen) atoms. The lowest BCUT2D eigenvalue weighted by atomic mass is 9.82. The molecule has 3 N–H and O–H groups in total. The highest BCUT2D eigenvalue weighted by Gasteiger charge is 2.36. The molecule has 8 rings (SSSR count). The number of para-hydroxylation sites is 2. The first kappa shape index (κ1) is 36.7. The van der Waals surface area contributed by atoms with Gasteiger partial charge in [-0.15, -0.1) is 0 Å². The lowest BCUT2D eigenvalue weighted by molar-refractivity contribution is 0.660. The van der Waals surface area contributed by atoms with E-state index in [1.807, 2.05) is 36.4 Å². The van der Waals surface area contributed by atoms with Crippen LogP contribution in [0.1, 0.15) is 83.1 Å². The molecule has 0 bridgehead atoms. The average molecular weight is 724 g/mol. The fourth-order valence-corrected chi connectivity index (χ4v) is 7.31. The summed E-state index contributed by atoms with van der Waals surface area (Å²) in [5, 5.41) is 3.50. The minimum atomic E-state index is 0.0559. The molecule has 6 aromatic rings. The molecule has 6 aromatic carbocycles. The Hall–Kier alpha value is -4.60. The molecule has 0 fully saturated rings. The van der Waals surface area contributed by atoms with Crippen molar-refractivity contribution in [3.05, 3.63) is 172 Å². The Morgan fingerprint density at radius 3 is 1.40 bits per heavy atom. The first-order chi connectivity index (χ1) is 24.1. The van der Waals surface area contributed by atoms with E-state index < -0.39 is 0 Å². The summed E-state index contributed by atoms with van der Waals surface area (Å²) in [4.78, 5) is 0. The second-order valence-electron chi connectivity index (χ2n) is 14.0. The lowest BCUT2D eigenvalue weighted by Crippen LogP contribution is -2.15. The van der Waals surface area contributed by atoms with Gasteiger partial charge in [0.15, 0.2) is 0 Å². The summed E-state index contributed by atoms with van der Waals surface area (Å²) in [6.45, 7) is 13.6. The van der Waals surface area contributed by atoms with Crippen LogP contribution < -0.4 is 11.1 Å². The maximum Gasteiger partial charge on any atom is 0.0387 e. The van der Waals surface area contributed by atoms with Crippen LogP contribution in [-0.2, 0) is 10.8 Å². The van der Waals surface area contributed by atoms with Gasteiger partial charge in [0.2, 0.25) is 0 Å². The fraction of sp³-hybridized carbons (Fsp3) is 0.234. The van der Waals surface area contributed by atoms with E-state index in [2.05, 4.69) is 172 Å². The van der Waals surface area contributed by atoms with Gasteiger partial charge in [0.25, 0.3) is 0 Å². The monoisotopic (exact) mass is 722 g/mol. The fourth-order valence-electron chi connectivity index (χ4n) is 6.95. The van der Waals surface area contributed by atoms with E-state index in [1.54, 1.807) is 0 Å². The Morgan fingerprint density at radius 1 is 0.480 bits per heavy atom. The van der Waals surface area contributed by atoms with Crippen LogP contribution in [0.15, 0.2) is 150 Å². The molecule has 0 spiro atoms. The Balaban J connectivity index is 0.000000151. The van der Waals surface area contributed by atoms with Crippen LogP contribution in [-0.4, -0.2) is 0 Å².